The number of hydrogen-bond acceptors (Lipinski definition) is 10. The molecule has 0 aliphatic rings. The van der Waals surface area contributed by atoms with E-state index in [0.717, 1.165) is 0 Å². The number of rotatable bonds is 19. The summed E-state index contributed by atoms with van der Waals surface area (Å²) in [6.07, 6.45) is -0.791. The molecule has 0 fully saturated rings. The largest absolute Gasteiger partial charge is 0.490 e. The zero-order chi connectivity index (χ0) is 55.5. The second kappa shape index (κ2) is 25.5. The van der Waals surface area contributed by atoms with Crippen molar-refractivity contribution in [1.29, 1.82) is 0 Å². The lowest BCUT2D eigenvalue weighted by Crippen LogP contribution is -2.27. The number of carbonyl (C=O) groups excluding carboxylic acids is 4. The third kappa shape index (κ3) is 13.7. The van der Waals surface area contributed by atoms with Crippen LogP contribution >= 0.6 is 0 Å². The number of furan rings is 2. The van der Waals surface area contributed by atoms with Crippen LogP contribution in [-0.4, -0.2) is 86.4 Å². The molecule has 8 aromatic rings. The van der Waals surface area contributed by atoms with Crippen molar-refractivity contribution < 1.29 is 56.5 Å². The van der Waals surface area contributed by atoms with Crippen molar-refractivity contribution in [2.45, 2.75) is 60.2 Å². The smallest absolute Gasteiger partial charge is 0.255 e. The highest BCUT2D eigenvalue weighted by Gasteiger charge is 2.25. The molecular weight excluding hydrogens is 987 g/mol. The van der Waals surface area contributed by atoms with E-state index in [4.69, 9.17) is 18.3 Å². The molecule has 2 heterocycles. The number of amides is 4. The van der Waals surface area contributed by atoms with Gasteiger partial charge in [-0.1, -0.05) is 46.8 Å². The zero-order valence-electron chi connectivity index (χ0n) is 44.3. The minimum atomic E-state index is -0.689. The van der Waals surface area contributed by atoms with Gasteiger partial charge < -0.3 is 49.8 Å². The van der Waals surface area contributed by atoms with E-state index in [-0.39, 0.29) is 36.8 Å². The lowest BCUT2D eigenvalue weighted by atomic mass is 9.98. The lowest BCUT2D eigenvalue weighted by molar-refractivity contribution is 0.0940. The van der Waals surface area contributed by atoms with Crippen molar-refractivity contribution in [2.75, 3.05) is 40.4 Å². The molecule has 0 spiro atoms. The van der Waals surface area contributed by atoms with Gasteiger partial charge in [0.1, 0.15) is 59.0 Å². The molecule has 0 saturated carbocycles. The normalized spacial score (nSPS) is 12.0. The number of benzene rings is 6. The van der Waals surface area contributed by atoms with E-state index in [1.54, 1.807) is 85.8 Å². The van der Waals surface area contributed by atoms with Gasteiger partial charge in [-0.2, -0.15) is 0 Å². The van der Waals surface area contributed by atoms with Gasteiger partial charge in [0, 0.05) is 71.3 Å². The van der Waals surface area contributed by atoms with E-state index in [9.17, 15) is 38.2 Å². The predicted octanol–water partition coefficient (Wildman–Crippen LogP) is 11.2. The number of fused-ring (bicyclic) bond motifs is 2. The predicted molar refractivity (Wildman–Crippen MR) is 294 cm³/mol. The summed E-state index contributed by atoms with van der Waals surface area (Å²) in [5.41, 5.74) is 6.25. The summed E-state index contributed by atoms with van der Waals surface area (Å²) in [7, 11) is 3.06. The van der Waals surface area contributed by atoms with Crippen molar-refractivity contribution in [3.63, 3.8) is 0 Å². The van der Waals surface area contributed by atoms with Crippen LogP contribution in [0.5, 0.6) is 11.5 Å². The fourth-order valence-corrected chi connectivity index (χ4v) is 8.20. The first kappa shape index (κ1) is 56.4. The third-order valence-electron chi connectivity index (χ3n) is 12.3. The summed E-state index contributed by atoms with van der Waals surface area (Å²) < 4.78 is 51.0. The first-order chi connectivity index (χ1) is 36.9. The van der Waals surface area contributed by atoms with Crippen molar-refractivity contribution in [2.24, 2.45) is 11.8 Å². The summed E-state index contributed by atoms with van der Waals surface area (Å²) in [4.78, 5) is 51.6. The summed E-state index contributed by atoms with van der Waals surface area (Å²) in [5.74, 6) is 0.308. The molecule has 4 amide bonds. The maximum absolute atomic E-state index is 13.6. The van der Waals surface area contributed by atoms with Crippen LogP contribution in [0.25, 0.3) is 66.8 Å². The quantitative estimate of drug-likeness (QED) is 0.0452. The summed E-state index contributed by atoms with van der Waals surface area (Å²) in [6.45, 7) is 12.8. The molecule has 402 valence electrons. The Labute approximate surface area is 445 Å². The Morgan fingerprint density at radius 3 is 1.27 bits per heavy atom. The second-order valence-electron chi connectivity index (χ2n) is 19.4. The SMILES string of the molecule is CCC(O)COc1ccc(C(=O)NCC(C)C)cc1-c1ccc2oc(-c3ccc(F)cc3)c(C(=O)NC)c2c1.CNC(=O)c1c(-c2ccc(F)cc2)oc2ccc(-c3cc(C(=O)NCC(C)C)ccc3OCC(C)O)cc12. The van der Waals surface area contributed by atoms with Crippen molar-refractivity contribution in [3.8, 4) is 56.4 Å². The first-order valence-electron chi connectivity index (χ1n) is 25.5. The molecular formula is C61H64F2N4O10. The Kier molecular flexibility index (Phi) is 18.6. The van der Waals surface area contributed by atoms with Crippen LogP contribution < -0.4 is 30.7 Å². The molecule has 14 nitrogen and oxygen atoms in total. The Morgan fingerprint density at radius 1 is 0.519 bits per heavy atom. The van der Waals surface area contributed by atoms with Gasteiger partial charge in [-0.15, -0.1) is 0 Å². The number of carbonyl (C=O) groups is 4. The molecule has 77 heavy (non-hydrogen) atoms. The van der Waals surface area contributed by atoms with Crippen LogP contribution in [0.4, 0.5) is 8.78 Å². The Balaban J connectivity index is 0.000000224. The Morgan fingerprint density at radius 2 is 0.909 bits per heavy atom. The van der Waals surface area contributed by atoms with Gasteiger partial charge in [0.05, 0.1) is 23.3 Å². The highest BCUT2D eigenvalue weighted by atomic mass is 19.1. The van der Waals surface area contributed by atoms with Crippen LogP contribution in [0.2, 0.25) is 0 Å². The molecule has 0 aliphatic heterocycles. The number of halogens is 2. The van der Waals surface area contributed by atoms with Gasteiger partial charge in [0.2, 0.25) is 0 Å². The number of nitrogens with one attached hydrogen (secondary N) is 4. The maximum Gasteiger partial charge on any atom is 0.255 e. The fourth-order valence-electron chi connectivity index (χ4n) is 8.20. The van der Waals surface area contributed by atoms with Gasteiger partial charge >= 0.3 is 0 Å². The van der Waals surface area contributed by atoms with E-state index in [1.165, 1.54) is 38.4 Å². The van der Waals surface area contributed by atoms with Crippen LogP contribution in [-0.2, 0) is 0 Å². The molecule has 2 unspecified atom stereocenters. The topological polar surface area (TPSA) is 202 Å². The van der Waals surface area contributed by atoms with Crippen LogP contribution in [0.15, 0.2) is 130 Å². The third-order valence-corrected chi connectivity index (χ3v) is 12.3. The molecule has 6 aromatic carbocycles. The standard InChI is InChI=1S/C31H33FN2O5.C30H31FN2O5/c1-5-23(35)17-38-26-12-9-21(30(36)34-16-18(2)3)15-24(26)20-8-13-27-25(14-20)28(31(37)33-4)29(39-27)19-6-10-22(32)11-7-19;1-17(2)15-33-29(35)21-8-11-25(37-16-18(3)34)23(14-21)20-7-12-26-24(13-20)27(30(36)32-4)28(38-26)19-5-9-22(31)10-6-19/h6-15,18,23,35H,5,16-17H2,1-4H3,(H,33,37)(H,34,36);5-14,17-18,34H,15-16H2,1-4H3,(H,32,36)(H,33,35). The Hall–Kier alpha value is -8.34. The van der Waals surface area contributed by atoms with Crippen LogP contribution in [0.1, 0.15) is 89.4 Å². The van der Waals surface area contributed by atoms with E-state index < -0.39 is 23.8 Å². The monoisotopic (exact) mass is 1050 g/mol. The number of ether oxygens (including phenoxy) is 2. The molecule has 16 heteroatoms. The number of hydrogen-bond donors (Lipinski definition) is 6. The van der Waals surface area contributed by atoms with E-state index >= 15 is 0 Å². The molecule has 8 rings (SSSR count). The van der Waals surface area contributed by atoms with Gasteiger partial charge in [-0.3, -0.25) is 19.2 Å². The average molecular weight is 1050 g/mol. The number of aliphatic hydroxyl groups excluding tert-OH is 2. The number of aliphatic hydroxyl groups is 2. The molecule has 2 aromatic heterocycles. The Bertz CT molecular complexity index is 3380. The van der Waals surface area contributed by atoms with E-state index in [0.29, 0.717) is 132 Å². The van der Waals surface area contributed by atoms with E-state index in [1.807, 2.05) is 52.8 Å². The average Bonchev–Trinajstić information content (AvgIpc) is 4.01. The zero-order valence-corrected chi connectivity index (χ0v) is 44.3. The van der Waals surface area contributed by atoms with Gasteiger partial charge in [0.15, 0.2) is 0 Å². The summed E-state index contributed by atoms with van der Waals surface area (Å²) in [6, 6.07) is 32.5. The highest BCUT2D eigenvalue weighted by Crippen LogP contribution is 2.41. The molecule has 0 bridgehead atoms. The molecule has 2 atom stereocenters. The van der Waals surface area contributed by atoms with Crippen molar-refractivity contribution in [3.05, 3.63) is 155 Å². The lowest BCUT2D eigenvalue weighted by Gasteiger charge is -2.16. The highest BCUT2D eigenvalue weighted by molar-refractivity contribution is 6.13. The molecule has 0 radical (unpaired) electrons. The van der Waals surface area contributed by atoms with Gasteiger partial charge in [-0.05, 0) is 146 Å². The second-order valence-corrected chi connectivity index (χ2v) is 19.4. The van der Waals surface area contributed by atoms with Gasteiger partial charge in [-0.25, -0.2) is 8.78 Å². The van der Waals surface area contributed by atoms with Crippen LogP contribution in [0, 0.1) is 23.5 Å². The van der Waals surface area contributed by atoms with Crippen molar-refractivity contribution in [1.82, 2.24) is 21.3 Å². The molecule has 0 aliphatic carbocycles. The molecule has 0 saturated heterocycles. The first-order valence-corrected chi connectivity index (χ1v) is 25.5. The molecule has 6 N–H and O–H groups in total. The summed E-state index contributed by atoms with van der Waals surface area (Å²) in [5, 5.41) is 32.1. The minimum absolute atomic E-state index is 0.0675. The van der Waals surface area contributed by atoms with Gasteiger partial charge in [0.25, 0.3) is 23.6 Å². The van der Waals surface area contributed by atoms with Crippen LogP contribution in [0.3, 0.4) is 0 Å². The fraction of sp³-hybridized carbons (Fsp3) is 0.279. The van der Waals surface area contributed by atoms with E-state index in [2.05, 4.69) is 21.3 Å². The summed E-state index contributed by atoms with van der Waals surface area (Å²) >= 11 is 0. The van der Waals surface area contributed by atoms with Crippen molar-refractivity contribution >= 4 is 45.6 Å². The maximum atomic E-state index is 13.6. The minimum Gasteiger partial charge on any atom is -0.490 e.